The van der Waals surface area contributed by atoms with Gasteiger partial charge in [-0.25, -0.2) is 17.5 Å². The molecule has 0 bridgehead atoms. The maximum atomic E-state index is 13.1. The van der Waals surface area contributed by atoms with Crippen molar-refractivity contribution in [3.05, 3.63) is 76.0 Å². The standard InChI is InChI=1S/C21H21Cl2FN2O5S/c22-17-7-1-13(9-18(17)23)11-25-21(28)10-15-4-8-19(20(12-27)31-15)26-32(29,30)16-5-2-14(24)3-6-16/h1-9,15,19-20,26-27H,10-12H2,(H,25,28)/t15-,19-,20+/m1/s1. The van der Waals surface area contributed by atoms with Crippen LogP contribution in [-0.4, -0.2) is 44.3 Å². The molecule has 2 aromatic rings. The number of aliphatic hydroxyl groups excluding tert-OH is 1. The van der Waals surface area contributed by atoms with E-state index in [1.807, 2.05) is 0 Å². The fraction of sp³-hybridized carbons (Fsp3) is 0.286. The predicted octanol–water partition coefficient (Wildman–Crippen LogP) is 2.80. The third-order valence-electron chi connectivity index (χ3n) is 4.74. The molecule has 7 nitrogen and oxygen atoms in total. The van der Waals surface area contributed by atoms with Crippen LogP contribution in [0.2, 0.25) is 10.0 Å². The van der Waals surface area contributed by atoms with E-state index in [0.29, 0.717) is 10.0 Å². The van der Waals surface area contributed by atoms with Crippen molar-refractivity contribution in [1.29, 1.82) is 0 Å². The molecule has 1 aliphatic heterocycles. The van der Waals surface area contributed by atoms with Gasteiger partial charge in [-0.2, -0.15) is 0 Å². The summed E-state index contributed by atoms with van der Waals surface area (Å²) in [5.41, 5.74) is 0.774. The molecular formula is C21H21Cl2FN2O5S. The summed E-state index contributed by atoms with van der Waals surface area (Å²) in [6.07, 6.45) is 1.52. The lowest BCUT2D eigenvalue weighted by Gasteiger charge is -2.31. The molecule has 2 aromatic carbocycles. The number of benzene rings is 2. The van der Waals surface area contributed by atoms with Crippen LogP contribution in [0.5, 0.6) is 0 Å². The molecule has 0 saturated heterocycles. The zero-order valence-corrected chi connectivity index (χ0v) is 19.0. The number of hydrogen-bond donors (Lipinski definition) is 3. The van der Waals surface area contributed by atoms with Gasteiger partial charge in [-0.15, -0.1) is 0 Å². The van der Waals surface area contributed by atoms with E-state index in [1.165, 1.54) is 6.08 Å². The first-order valence-electron chi connectivity index (χ1n) is 9.61. The summed E-state index contributed by atoms with van der Waals surface area (Å²) in [5.74, 6) is -0.855. The first-order chi connectivity index (χ1) is 15.2. The summed E-state index contributed by atoms with van der Waals surface area (Å²) in [5, 5.41) is 13.2. The maximum absolute atomic E-state index is 13.1. The van der Waals surface area contributed by atoms with Crippen molar-refractivity contribution in [3.8, 4) is 0 Å². The highest BCUT2D eigenvalue weighted by atomic mass is 35.5. The van der Waals surface area contributed by atoms with E-state index < -0.39 is 40.7 Å². The minimum atomic E-state index is -3.96. The second kappa shape index (κ2) is 10.7. The van der Waals surface area contributed by atoms with E-state index in [-0.39, 0.29) is 23.8 Å². The van der Waals surface area contributed by atoms with Gasteiger partial charge in [0.25, 0.3) is 0 Å². The summed E-state index contributed by atoms with van der Waals surface area (Å²) in [4.78, 5) is 12.1. The second-order valence-corrected chi connectivity index (χ2v) is 9.64. The van der Waals surface area contributed by atoms with Crippen molar-refractivity contribution in [2.24, 2.45) is 0 Å². The Bertz CT molecular complexity index is 1100. The van der Waals surface area contributed by atoms with Crippen molar-refractivity contribution < 1.29 is 27.4 Å². The summed E-state index contributed by atoms with van der Waals surface area (Å²) in [6.45, 7) is -0.224. The van der Waals surface area contributed by atoms with E-state index in [9.17, 15) is 22.7 Å². The number of rotatable bonds is 8. The Balaban J connectivity index is 1.57. The molecule has 0 aliphatic carbocycles. The smallest absolute Gasteiger partial charge is 0.241 e. The fourth-order valence-electron chi connectivity index (χ4n) is 3.08. The van der Waals surface area contributed by atoms with Crippen LogP contribution in [-0.2, 0) is 26.1 Å². The van der Waals surface area contributed by atoms with Gasteiger partial charge in [-0.1, -0.05) is 41.4 Å². The van der Waals surface area contributed by atoms with Crippen molar-refractivity contribution in [3.63, 3.8) is 0 Å². The SMILES string of the molecule is O=C(C[C@H]1C=C[C@@H](NS(=O)(=O)c2ccc(F)cc2)[C@H](CO)O1)NCc1ccc(Cl)c(Cl)c1. The van der Waals surface area contributed by atoms with E-state index in [4.69, 9.17) is 27.9 Å². The molecule has 11 heteroatoms. The molecule has 1 aliphatic rings. The minimum absolute atomic E-state index is 0.0221. The molecular weight excluding hydrogens is 482 g/mol. The molecule has 0 radical (unpaired) electrons. The van der Waals surface area contributed by atoms with Gasteiger partial charge in [0, 0.05) is 6.54 Å². The first-order valence-corrected chi connectivity index (χ1v) is 11.8. The summed E-state index contributed by atoms with van der Waals surface area (Å²) in [6, 6.07) is 8.53. The quantitative estimate of drug-likeness (QED) is 0.481. The van der Waals surface area contributed by atoms with Gasteiger partial charge in [0.15, 0.2) is 0 Å². The van der Waals surface area contributed by atoms with Crippen LogP contribution >= 0.6 is 23.2 Å². The van der Waals surface area contributed by atoms with E-state index >= 15 is 0 Å². The van der Waals surface area contributed by atoms with Crippen molar-refractivity contribution in [2.45, 2.75) is 36.1 Å². The zero-order chi connectivity index (χ0) is 23.3. The minimum Gasteiger partial charge on any atom is -0.394 e. The topological polar surface area (TPSA) is 105 Å². The Morgan fingerprint density at radius 3 is 2.47 bits per heavy atom. The number of aliphatic hydroxyl groups is 1. The number of carbonyl (C=O) groups is 1. The Hall–Kier alpha value is -2.01. The molecule has 0 spiro atoms. The summed E-state index contributed by atoms with van der Waals surface area (Å²) >= 11 is 11.8. The Morgan fingerprint density at radius 2 is 1.81 bits per heavy atom. The van der Waals surface area contributed by atoms with E-state index in [0.717, 1.165) is 29.8 Å². The van der Waals surface area contributed by atoms with Crippen LogP contribution in [0, 0.1) is 5.82 Å². The lowest BCUT2D eigenvalue weighted by atomic mass is 10.1. The number of carbonyl (C=O) groups excluding carboxylic acids is 1. The highest BCUT2D eigenvalue weighted by molar-refractivity contribution is 7.89. The lowest BCUT2D eigenvalue weighted by Crippen LogP contribution is -2.49. The average Bonchev–Trinajstić information content (AvgIpc) is 2.75. The van der Waals surface area contributed by atoms with Crippen LogP contribution in [0.3, 0.4) is 0 Å². The second-order valence-electron chi connectivity index (χ2n) is 7.11. The van der Waals surface area contributed by atoms with Gasteiger partial charge in [0.1, 0.15) is 11.9 Å². The van der Waals surface area contributed by atoms with Gasteiger partial charge in [0.05, 0.1) is 40.1 Å². The molecule has 0 unspecified atom stereocenters. The molecule has 1 amide bonds. The van der Waals surface area contributed by atoms with Crippen LogP contribution < -0.4 is 10.0 Å². The normalized spacial score (nSPS) is 20.8. The van der Waals surface area contributed by atoms with Crippen molar-refractivity contribution in [2.75, 3.05) is 6.61 Å². The molecule has 0 fully saturated rings. The lowest BCUT2D eigenvalue weighted by molar-refractivity contribution is -0.125. The Morgan fingerprint density at radius 1 is 1.09 bits per heavy atom. The average molecular weight is 503 g/mol. The first kappa shape index (κ1) is 24.6. The number of halogens is 3. The van der Waals surface area contributed by atoms with Crippen molar-refractivity contribution >= 4 is 39.1 Å². The van der Waals surface area contributed by atoms with Crippen LogP contribution in [0.4, 0.5) is 4.39 Å². The summed E-state index contributed by atoms with van der Waals surface area (Å²) < 4.78 is 46.2. The molecule has 32 heavy (non-hydrogen) atoms. The van der Waals surface area contributed by atoms with Gasteiger partial charge < -0.3 is 15.2 Å². The number of nitrogens with one attached hydrogen (secondary N) is 2. The highest BCUT2D eigenvalue weighted by Gasteiger charge is 2.31. The largest absolute Gasteiger partial charge is 0.394 e. The van der Waals surface area contributed by atoms with Crippen molar-refractivity contribution in [1.82, 2.24) is 10.0 Å². The van der Waals surface area contributed by atoms with Crippen LogP contribution in [0.25, 0.3) is 0 Å². The highest BCUT2D eigenvalue weighted by Crippen LogP contribution is 2.23. The van der Waals surface area contributed by atoms with Crippen LogP contribution in [0.1, 0.15) is 12.0 Å². The third-order valence-corrected chi connectivity index (χ3v) is 6.95. The number of sulfonamides is 1. The fourth-order valence-corrected chi connectivity index (χ4v) is 4.62. The molecule has 3 atom stereocenters. The molecule has 172 valence electrons. The number of ether oxygens (including phenoxy) is 1. The Kier molecular flexibility index (Phi) is 8.26. The monoisotopic (exact) mass is 502 g/mol. The van der Waals surface area contributed by atoms with E-state index in [1.54, 1.807) is 24.3 Å². The predicted molar refractivity (Wildman–Crippen MR) is 118 cm³/mol. The van der Waals surface area contributed by atoms with Crippen LogP contribution in [0.15, 0.2) is 59.5 Å². The molecule has 3 rings (SSSR count). The zero-order valence-electron chi connectivity index (χ0n) is 16.7. The van der Waals surface area contributed by atoms with Gasteiger partial charge >= 0.3 is 0 Å². The molecule has 1 heterocycles. The van der Waals surface area contributed by atoms with E-state index in [2.05, 4.69) is 10.0 Å². The molecule has 3 N–H and O–H groups in total. The summed E-state index contributed by atoms with van der Waals surface area (Å²) in [7, 11) is -3.96. The number of hydrogen-bond acceptors (Lipinski definition) is 5. The third kappa shape index (κ3) is 6.50. The van der Waals surface area contributed by atoms with Gasteiger partial charge in [-0.05, 0) is 42.0 Å². The maximum Gasteiger partial charge on any atom is 0.241 e. The van der Waals surface area contributed by atoms with Gasteiger partial charge in [-0.3, -0.25) is 4.79 Å². The Labute approximate surface area is 195 Å². The molecule has 0 saturated carbocycles. The van der Waals surface area contributed by atoms with Gasteiger partial charge in [0.2, 0.25) is 15.9 Å². The number of amides is 1. The molecule has 0 aromatic heterocycles.